The van der Waals surface area contributed by atoms with Gasteiger partial charge in [0.15, 0.2) is 0 Å². The Morgan fingerprint density at radius 1 is 1.38 bits per heavy atom. The lowest BCUT2D eigenvalue weighted by molar-refractivity contribution is -0.0179. The van der Waals surface area contributed by atoms with E-state index in [1.54, 1.807) is 36.0 Å². The summed E-state index contributed by atoms with van der Waals surface area (Å²) in [4.78, 5) is 18.7. The minimum absolute atomic E-state index is 0.133. The number of hydrogen-bond acceptors (Lipinski definition) is 4. The van der Waals surface area contributed by atoms with Crippen molar-refractivity contribution in [3.05, 3.63) is 48.0 Å². The summed E-state index contributed by atoms with van der Waals surface area (Å²) >= 11 is 0. The summed E-state index contributed by atoms with van der Waals surface area (Å²) < 4.78 is 6.92. The first kappa shape index (κ1) is 16.5. The number of carbonyl (C=O) groups is 1. The van der Waals surface area contributed by atoms with Crippen LogP contribution in [0, 0.1) is 0 Å². The molecule has 2 heterocycles. The van der Waals surface area contributed by atoms with Gasteiger partial charge in [-0.2, -0.15) is 0 Å². The number of carbonyl (C=O) groups excluding carboxylic acids is 1. The first-order chi connectivity index (χ1) is 11.4. The zero-order valence-electron chi connectivity index (χ0n) is 14.3. The van der Waals surface area contributed by atoms with Crippen molar-refractivity contribution in [2.75, 3.05) is 13.7 Å². The second kappa shape index (κ2) is 6.28. The van der Waals surface area contributed by atoms with Crippen molar-refractivity contribution < 1.29 is 14.6 Å². The highest BCUT2D eigenvalue weighted by Crippen LogP contribution is 2.35. The third-order valence-corrected chi connectivity index (χ3v) is 4.76. The number of hydrogen-bond donors (Lipinski definition) is 1. The molecule has 2 aromatic rings. The largest absolute Gasteiger partial charge is 0.497 e. The topological polar surface area (TPSA) is 67.6 Å². The zero-order chi connectivity index (χ0) is 17.3. The SMILES string of the molecule is COc1ccc([C@](C)(O)[C@@H]2CCCN2C(=O)c2cn(C)cn2)cc1. The molecule has 128 valence electrons. The van der Waals surface area contributed by atoms with Crippen LogP contribution >= 0.6 is 0 Å². The van der Waals surface area contributed by atoms with Gasteiger partial charge in [0, 0.05) is 19.8 Å². The van der Waals surface area contributed by atoms with Crippen LogP contribution in [0.25, 0.3) is 0 Å². The van der Waals surface area contributed by atoms with E-state index in [0.29, 0.717) is 12.2 Å². The Balaban J connectivity index is 1.86. The van der Waals surface area contributed by atoms with Crippen LogP contribution in [0.5, 0.6) is 5.75 Å². The number of ether oxygens (including phenoxy) is 1. The highest BCUT2D eigenvalue weighted by molar-refractivity contribution is 5.92. The maximum Gasteiger partial charge on any atom is 0.274 e. The van der Waals surface area contributed by atoms with Gasteiger partial charge in [0.25, 0.3) is 5.91 Å². The maximum absolute atomic E-state index is 12.8. The molecule has 2 atom stereocenters. The molecule has 1 aliphatic rings. The van der Waals surface area contributed by atoms with Crippen LogP contribution in [-0.2, 0) is 12.6 Å². The molecule has 0 bridgehead atoms. The summed E-state index contributed by atoms with van der Waals surface area (Å²) in [6, 6.07) is 7.06. The van der Waals surface area contributed by atoms with Crippen LogP contribution in [0.1, 0.15) is 35.8 Å². The lowest BCUT2D eigenvalue weighted by Gasteiger charge is -2.36. The monoisotopic (exact) mass is 329 g/mol. The van der Waals surface area contributed by atoms with E-state index in [-0.39, 0.29) is 11.9 Å². The quantitative estimate of drug-likeness (QED) is 0.931. The molecule has 1 fully saturated rings. The third kappa shape index (κ3) is 2.89. The molecule has 1 amide bonds. The van der Waals surface area contributed by atoms with Gasteiger partial charge in [0.2, 0.25) is 0 Å². The second-order valence-corrected chi connectivity index (χ2v) is 6.46. The van der Waals surface area contributed by atoms with Gasteiger partial charge in [-0.1, -0.05) is 12.1 Å². The summed E-state index contributed by atoms with van der Waals surface area (Å²) in [6.07, 6.45) is 4.95. The lowest BCUT2D eigenvalue weighted by Crippen LogP contribution is -2.48. The molecule has 1 aromatic heterocycles. The fraction of sp³-hybridized carbons (Fsp3) is 0.444. The first-order valence-corrected chi connectivity index (χ1v) is 8.09. The highest BCUT2D eigenvalue weighted by atomic mass is 16.5. The van der Waals surface area contributed by atoms with Gasteiger partial charge in [-0.25, -0.2) is 4.98 Å². The molecule has 0 aliphatic carbocycles. The molecule has 1 N–H and O–H groups in total. The van der Waals surface area contributed by atoms with Crippen molar-refractivity contribution in [1.82, 2.24) is 14.5 Å². The van der Waals surface area contributed by atoms with Gasteiger partial charge < -0.3 is 19.3 Å². The molecule has 6 nitrogen and oxygen atoms in total. The number of aromatic nitrogens is 2. The fourth-order valence-electron chi connectivity index (χ4n) is 3.39. The summed E-state index contributed by atoms with van der Waals surface area (Å²) in [5, 5.41) is 11.2. The molecular formula is C18H23N3O3. The Morgan fingerprint density at radius 3 is 2.67 bits per heavy atom. The zero-order valence-corrected chi connectivity index (χ0v) is 14.3. The predicted molar refractivity (Wildman–Crippen MR) is 89.8 cm³/mol. The van der Waals surface area contributed by atoms with Gasteiger partial charge in [-0.15, -0.1) is 0 Å². The smallest absolute Gasteiger partial charge is 0.274 e. The molecule has 24 heavy (non-hydrogen) atoms. The third-order valence-electron chi connectivity index (χ3n) is 4.76. The number of rotatable bonds is 4. The second-order valence-electron chi connectivity index (χ2n) is 6.46. The van der Waals surface area contributed by atoms with Crippen molar-refractivity contribution in [1.29, 1.82) is 0 Å². The van der Waals surface area contributed by atoms with E-state index in [2.05, 4.69) is 4.98 Å². The van der Waals surface area contributed by atoms with Gasteiger partial charge >= 0.3 is 0 Å². The average molecular weight is 329 g/mol. The minimum Gasteiger partial charge on any atom is -0.497 e. The fourth-order valence-corrected chi connectivity index (χ4v) is 3.39. The van der Waals surface area contributed by atoms with Crippen molar-refractivity contribution in [2.24, 2.45) is 7.05 Å². The van der Waals surface area contributed by atoms with Crippen LogP contribution in [0.3, 0.4) is 0 Å². The van der Waals surface area contributed by atoms with Crippen LogP contribution in [-0.4, -0.2) is 45.2 Å². The van der Waals surface area contributed by atoms with Gasteiger partial charge in [-0.3, -0.25) is 4.79 Å². The van der Waals surface area contributed by atoms with Crippen LogP contribution in [0.2, 0.25) is 0 Å². The van der Waals surface area contributed by atoms with Crippen molar-refractivity contribution in [3.63, 3.8) is 0 Å². The van der Waals surface area contributed by atoms with Crippen molar-refractivity contribution >= 4 is 5.91 Å². The Kier molecular flexibility index (Phi) is 4.32. The molecule has 1 aromatic carbocycles. The molecular weight excluding hydrogens is 306 g/mol. The number of aliphatic hydroxyl groups is 1. The summed E-state index contributed by atoms with van der Waals surface area (Å²) in [6.45, 7) is 2.40. The minimum atomic E-state index is -1.13. The highest BCUT2D eigenvalue weighted by Gasteiger charge is 2.43. The summed E-state index contributed by atoms with van der Waals surface area (Å²) in [5.74, 6) is 0.606. The Bertz CT molecular complexity index is 721. The number of likely N-dealkylation sites (tertiary alicyclic amines) is 1. The Labute approximate surface area is 141 Å². The average Bonchev–Trinajstić information content (AvgIpc) is 3.23. The van der Waals surface area contributed by atoms with Gasteiger partial charge in [-0.05, 0) is 37.5 Å². The van der Waals surface area contributed by atoms with E-state index >= 15 is 0 Å². The summed E-state index contributed by atoms with van der Waals surface area (Å²) in [7, 11) is 3.44. The molecule has 6 heteroatoms. The maximum atomic E-state index is 12.8. The number of imidazole rings is 1. The standard InChI is InChI=1S/C18H23N3O3/c1-18(23,13-6-8-14(24-3)9-7-13)16-5-4-10-21(16)17(22)15-11-20(2)12-19-15/h6-9,11-12,16,23H,4-5,10H2,1-3H3/t16-,18-/m0/s1. The van der Waals surface area contributed by atoms with E-state index < -0.39 is 5.60 Å². The first-order valence-electron chi connectivity index (χ1n) is 8.09. The predicted octanol–water partition coefficient (Wildman–Crippen LogP) is 1.94. The molecule has 0 unspecified atom stereocenters. The molecule has 3 rings (SSSR count). The van der Waals surface area contributed by atoms with E-state index in [9.17, 15) is 9.90 Å². The number of methoxy groups -OCH3 is 1. The van der Waals surface area contributed by atoms with E-state index in [0.717, 1.165) is 24.2 Å². The molecule has 0 saturated carbocycles. The number of nitrogens with zero attached hydrogens (tertiary/aromatic N) is 3. The van der Waals surface area contributed by atoms with E-state index in [1.165, 1.54) is 0 Å². The molecule has 1 saturated heterocycles. The van der Waals surface area contributed by atoms with Gasteiger partial charge in [0.1, 0.15) is 17.0 Å². The van der Waals surface area contributed by atoms with E-state index in [4.69, 9.17) is 4.74 Å². The Hall–Kier alpha value is -2.34. The van der Waals surface area contributed by atoms with Gasteiger partial charge in [0.05, 0.1) is 19.5 Å². The van der Waals surface area contributed by atoms with Crippen LogP contribution in [0.4, 0.5) is 0 Å². The number of benzene rings is 1. The molecule has 1 aliphatic heterocycles. The van der Waals surface area contributed by atoms with E-state index in [1.807, 2.05) is 31.3 Å². The Morgan fingerprint density at radius 2 is 2.08 bits per heavy atom. The number of amides is 1. The van der Waals surface area contributed by atoms with Crippen LogP contribution in [0.15, 0.2) is 36.8 Å². The summed E-state index contributed by atoms with van der Waals surface area (Å²) in [5.41, 5.74) is 0.0525. The lowest BCUT2D eigenvalue weighted by atomic mass is 9.86. The molecule has 0 radical (unpaired) electrons. The normalized spacial score (nSPS) is 20.0. The van der Waals surface area contributed by atoms with Crippen LogP contribution < -0.4 is 4.74 Å². The van der Waals surface area contributed by atoms with Crippen molar-refractivity contribution in [3.8, 4) is 5.75 Å². The number of aryl methyl sites for hydroxylation is 1. The molecule has 0 spiro atoms. The van der Waals surface area contributed by atoms with Crippen molar-refractivity contribution in [2.45, 2.75) is 31.4 Å².